The summed E-state index contributed by atoms with van der Waals surface area (Å²) in [6, 6.07) is 11.4. The fourth-order valence-corrected chi connectivity index (χ4v) is 4.76. The number of aromatic hydroxyl groups is 1. The molecule has 0 amide bonds. The predicted molar refractivity (Wildman–Crippen MR) is 84.1 cm³/mol. The van der Waals surface area contributed by atoms with Crippen molar-refractivity contribution < 1.29 is 13.5 Å². The average molecular weight is 305 g/mol. The van der Waals surface area contributed by atoms with E-state index in [9.17, 15) is 13.5 Å². The lowest BCUT2D eigenvalue weighted by Crippen LogP contribution is -2.30. The topological polar surface area (TPSA) is 66.4 Å². The molecule has 0 radical (unpaired) electrons. The number of hydrogen-bond donors (Lipinski definition) is 2. The largest absolute Gasteiger partial charge is 0.508 e. The van der Waals surface area contributed by atoms with Crippen molar-refractivity contribution in [1.29, 1.82) is 0 Å². The summed E-state index contributed by atoms with van der Waals surface area (Å²) in [5, 5.41) is 15.0. The van der Waals surface area contributed by atoms with Crippen LogP contribution in [0.5, 0.6) is 5.75 Å². The van der Waals surface area contributed by atoms with Crippen LogP contribution in [0.3, 0.4) is 0 Å². The predicted octanol–water partition coefficient (Wildman–Crippen LogP) is 2.21. The van der Waals surface area contributed by atoms with Gasteiger partial charge in [-0.3, -0.25) is 0 Å². The molecule has 0 aromatic heterocycles. The molecule has 1 aliphatic rings. The Morgan fingerprint density at radius 3 is 2.76 bits per heavy atom. The Kier molecular flexibility index (Phi) is 3.87. The van der Waals surface area contributed by atoms with E-state index < -0.39 is 9.84 Å². The summed E-state index contributed by atoms with van der Waals surface area (Å²) in [5.74, 6) is 0.550. The van der Waals surface area contributed by atoms with Crippen molar-refractivity contribution in [2.24, 2.45) is 0 Å². The number of sulfone groups is 1. The molecule has 1 aliphatic heterocycles. The summed E-state index contributed by atoms with van der Waals surface area (Å²) in [5.41, 5.74) is 0.823. The molecule has 0 spiro atoms. The highest BCUT2D eigenvalue weighted by Crippen LogP contribution is 2.27. The molecular weight excluding hydrogens is 286 g/mol. The fraction of sp³-hybridized carbons (Fsp3) is 0.375. The van der Waals surface area contributed by atoms with Gasteiger partial charge in [0.25, 0.3) is 0 Å². The maximum atomic E-state index is 11.8. The lowest BCUT2D eigenvalue weighted by Gasteiger charge is -2.13. The third-order valence-corrected chi connectivity index (χ3v) is 6.43. The van der Waals surface area contributed by atoms with Crippen LogP contribution in [0.4, 0.5) is 0 Å². The quantitative estimate of drug-likeness (QED) is 0.909. The standard InChI is InChI=1S/C16H19NO3S/c18-16-8-7-12-4-1-2-6-14(12)15(16)11-17-10-13-5-3-9-21(13,19)20/h1-2,4,6-8,13,17-18H,3,5,9-11H2. The van der Waals surface area contributed by atoms with Gasteiger partial charge in [0.1, 0.15) is 5.75 Å². The van der Waals surface area contributed by atoms with Gasteiger partial charge in [-0.05, 0) is 29.7 Å². The van der Waals surface area contributed by atoms with Crippen molar-refractivity contribution >= 4 is 20.6 Å². The second kappa shape index (κ2) is 5.66. The van der Waals surface area contributed by atoms with Crippen LogP contribution in [0.1, 0.15) is 18.4 Å². The molecule has 5 heteroatoms. The maximum absolute atomic E-state index is 11.8. The van der Waals surface area contributed by atoms with Gasteiger partial charge in [0.05, 0.1) is 11.0 Å². The van der Waals surface area contributed by atoms with Gasteiger partial charge >= 0.3 is 0 Å². The number of hydrogen-bond acceptors (Lipinski definition) is 4. The number of phenolic OH excluding ortho intramolecular Hbond substituents is 1. The Balaban J connectivity index is 1.75. The number of benzene rings is 2. The summed E-state index contributed by atoms with van der Waals surface area (Å²) >= 11 is 0. The molecule has 21 heavy (non-hydrogen) atoms. The second-order valence-corrected chi connectivity index (χ2v) is 7.95. The molecule has 2 aromatic rings. The lowest BCUT2D eigenvalue weighted by molar-refractivity contribution is 0.465. The van der Waals surface area contributed by atoms with E-state index in [1.54, 1.807) is 6.07 Å². The van der Waals surface area contributed by atoms with Gasteiger partial charge in [0, 0.05) is 18.7 Å². The molecule has 1 fully saturated rings. The van der Waals surface area contributed by atoms with E-state index in [1.807, 2.05) is 30.3 Å². The maximum Gasteiger partial charge on any atom is 0.154 e. The minimum atomic E-state index is -2.92. The van der Waals surface area contributed by atoms with Gasteiger partial charge in [-0.2, -0.15) is 0 Å². The smallest absolute Gasteiger partial charge is 0.154 e. The van der Waals surface area contributed by atoms with Crippen LogP contribution < -0.4 is 5.32 Å². The Labute approximate surface area is 124 Å². The fourth-order valence-electron chi connectivity index (χ4n) is 2.96. The highest BCUT2D eigenvalue weighted by Gasteiger charge is 2.30. The number of rotatable bonds is 4. The molecule has 1 atom stereocenters. The van der Waals surface area contributed by atoms with E-state index in [4.69, 9.17) is 0 Å². The molecule has 3 rings (SSSR count). The van der Waals surface area contributed by atoms with Crippen LogP contribution in [0.25, 0.3) is 10.8 Å². The van der Waals surface area contributed by atoms with Crippen LogP contribution in [0.15, 0.2) is 36.4 Å². The first-order chi connectivity index (χ1) is 10.1. The van der Waals surface area contributed by atoms with E-state index in [2.05, 4.69) is 5.32 Å². The molecule has 2 N–H and O–H groups in total. The van der Waals surface area contributed by atoms with E-state index in [0.29, 0.717) is 18.8 Å². The monoisotopic (exact) mass is 305 g/mol. The highest BCUT2D eigenvalue weighted by atomic mass is 32.2. The SMILES string of the molecule is O=S1(=O)CCCC1CNCc1c(O)ccc2ccccc12. The Morgan fingerprint density at radius 1 is 1.19 bits per heavy atom. The molecule has 1 saturated heterocycles. The summed E-state index contributed by atoms with van der Waals surface area (Å²) in [6.07, 6.45) is 1.49. The second-order valence-electron chi connectivity index (χ2n) is 5.55. The van der Waals surface area contributed by atoms with Gasteiger partial charge in [-0.1, -0.05) is 30.3 Å². The normalized spacial score (nSPS) is 20.9. The molecule has 0 bridgehead atoms. The third kappa shape index (κ3) is 2.89. The molecule has 2 aromatic carbocycles. The summed E-state index contributed by atoms with van der Waals surface area (Å²) in [7, 11) is -2.92. The van der Waals surface area contributed by atoms with Gasteiger partial charge in [0.2, 0.25) is 0 Å². The lowest BCUT2D eigenvalue weighted by atomic mass is 10.0. The van der Waals surface area contributed by atoms with Crippen LogP contribution in [-0.4, -0.2) is 31.1 Å². The average Bonchev–Trinajstić information content (AvgIpc) is 2.80. The minimum Gasteiger partial charge on any atom is -0.508 e. The summed E-state index contributed by atoms with van der Waals surface area (Å²) < 4.78 is 23.6. The Bertz CT molecular complexity index is 755. The van der Waals surface area contributed by atoms with Crippen LogP contribution in [0, 0.1) is 0 Å². The van der Waals surface area contributed by atoms with E-state index in [1.165, 1.54) is 0 Å². The first kappa shape index (κ1) is 14.4. The number of nitrogens with one attached hydrogen (secondary N) is 1. The van der Waals surface area contributed by atoms with Crippen molar-refractivity contribution in [3.05, 3.63) is 42.0 Å². The van der Waals surface area contributed by atoms with Crippen molar-refractivity contribution in [1.82, 2.24) is 5.32 Å². The van der Waals surface area contributed by atoms with Crippen molar-refractivity contribution in [3.8, 4) is 5.75 Å². The summed E-state index contributed by atoms with van der Waals surface area (Å²) in [6.45, 7) is 0.921. The van der Waals surface area contributed by atoms with Crippen molar-refractivity contribution in [2.75, 3.05) is 12.3 Å². The van der Waals surface area contributed by atoms with Gasteiger partial charge < -0.3 is 10.4 Å². The van der Waals surface area contributed by atoms with Crippen molar-refractivity contribution in [2.45, 2.75) is 24.6 Å². The molecule has 0 aliphatic carbocycles. The van der Waals surface area contributed by atoms with E-state index in [0.717, 1.165) is 29.2 Å². The van der Waals surface area contributed by atoms with Crippen molar-refractivity contribution in [3.63, 3.8) is 0 Å². The van der Waals surface area contributed by atoms with Gasteiger partial charge in [-0.25, -0.2) is 8.42 Å². The van der Waals surface area contributed by atoms with E-state index in [-0.39, 0.29) is 11.0 Å². The molecule has 1 unspecified atom stereocenters. The number of phenols is 1. The van der Waals surface area contributed by atoms with Gasteiger partial charge in [0.15, 0.2) is 9.84 Å². The van der Waals surface area contributed by atoms with Crippen LogP contribution in [0.2, 0.25) is 0 Å². The molecule has 0 saturated carbocycles. The molecular formula is C16H19NO3S. The first-order valence-electron chi connectivity index (χ1n) is 7.20. The minimum absolute atomic E-state index is 0.246. The Hall–Kier alpha value is -1.59. The zero-order valence-corrected chi connectivity index (χ0v) is 12.6. The zero-order valence-electron chi connectivity index (χ0n) is 11.7. The summed E-state index contributed by atoms with van der Waals surface area (Å²) in [4.78, 5) is 0. The van der Waals surface area contributed by atoms with E-state index >= 15 is 0 Å². The number of fused-ring (bicyclic) bond motifs is 1. The zero-order chi connectivity index (χ0) is 14.9. The molecule has 1 heterocycles. The highest BCUT2D eigenvalue weighted by molar-refractivity contribution is 7.92. The van der Waals surface area contributed by atoms with Crippen LogP contribution in [-0.2, 0) is 16.4 Å². The molecule has 112 valence electrons. The van der Waals surface area contributed by atoms with Gasteiger partial charge in [-0.15, -0.1) is 0 Å². The van der Waals surface area contributed by atoms with Crippen LogP contribution >= 0.6 is 0 Å². The third-order valence-electron chi connectivity index (χ3n) is 4.15. The first-order valence-corrected chi connectivity index (χ1v) is 8.91. The molecule has 4 nitrogen and oxygen atoms in total. The Morgan fingerprint density at radius 2 is 2.00 bits per heavy atom.